The van der Waals surface area contributed by atoms with Crippen molar-refractivity contribution in [1.82, 2.24) is 0 Å². The summed E-state index contributed by atoms with van der Waals surface area (Å²) in [6.07, 6.45) is 0. The zero-order chi connectivity index (χ0) is 18.1. The molecule has 0 fully saturated rings. The maximum Gasteiger partial charge on any atom is 0.315 e. The summed E-state index contributed by atoms with van der Waals surface area (Å²) in [6.45, 7) is 1.76. The predicted molar refractivity (Wildman–Crippen MR) is 90.7 cm³/mol. The predicted octanol–water partition coefficient (Wildman–Crippen LogP) is 2.82. The number of ether oxygens (including phenoxy) is 1. The van der Waals surface area contributed by atoms with Gasteiger partial charge >= 0.3 is 5.97 Å². The van der Waals surface area contributed by atoms with E-state index in [2.05, 4.69) is 0 Å². The van der Waals surface area contributed by atoms with Crippen molar-refractivity contribution in [3.05, 3.63) is 69.3 Å². The molecule has 1 heterocycles. The molecule has 0 N–H and O–H groups in total. The van der Waals surface area contributed by atoms with Crippen molar-refractivity contribution in [3.63, 3.8) is 0 Å². The standard InChI is InChI=1S/C18H16N2O5/c1-11-7-8-12(9-16(11)20(23)24)17(21)19-10-14(18(22)25-2)13-5-3-4-6-15(13)19/h3-9,14H,10H2,1-2H3/t14-/m1/s1. The third-order valence-electron chi connectivity index (χ3n) is 4.35. The summed E-state index contributed by atoms with van der Waals surface area (Å²) in [6, 6.07) is 11.5. The molecule has 0 radical (unpaired) electrons. The number of para-hydroxylation sites is 1. The Morgan fingerprint density at radius 1 is 1.24 bits per heavy atom. The number of nitrogens with zero attached hydrogens (tertiary/aromatic N) is 2. The van der Waals surface area contributed by atoms with Crippen LogP contribution in [0.2, 0.25) is 0 Å². The van der Waals surface area contributed by atoms with Crippen LogP contribution in [0.25, 0.3) is 0 Å². The number of carbonyl (C=O) groups excluding carboxylic acids is 2. The maximum atomic E-state index is 12.9. The number of fused-ring (bicyclic) bond motifs is 1. The fourth-order valence-electron chi connectivity index (χ4n) is 3.04. The third kappa shape index (κ3) is 2.84. The highest BCUT2D eigenvalue weighted by molar-refractivity contribution is 6.09. The van der Waals surface area contributed by atoms with Crippen LogP contribution in [0.1, 0.15) is 27.4 Å². The van der Waals surface area contributed by atoms with Crippen LogP contribution >= 0.6 is 0 Å². The van der Waals surface area contributed by atoms with Gasteiger partial charge in [0, 0.05) is 29.4 Å². The number of methoxy groups -OCH3 is 1. The Balaban J connectivity index is 2.00. The SMILES string of the molecule is COC(=O)[C@@H]1CN(C(=O)c2ccc(C)c([N+](=O)[O-])c2)c2ccccc21. The van der Waals surface area contributed by atoms with Crippen molar-refractivity contribution in [2.45, 2.75) is 12.8 Å². The summed E-state index contributed by atoms with van der Waals surface area (Å²) in [5.41, 5.74) is 1.91. The lowest BCUT2D eigenvalue weighted by atomic mass is 10.0. The molecule has 128 valence electrons. The van der Waals surface area contributed by atoms with Crippen LogP contribution in [-0.2, 0) is 9.53 Å². The lowest BCUT2D eigenvalue weighted by Gasteiger charge is -2.17. The van der Waals surface area contributed by atoms with E-state index in [9.17, 15) is 19.7 Å². The first-order valence-electron chi connectivity index (χ1n) is 7.67. The number of carbonyl (C=O) groups is 2. The molecule has 0 bridgehead atoms. The fraction of sp³-hybridized carbons (Fsp3) is 0.222. The number of hydrogen-bond acceptors (Lipinski definition) is 5. The summed E-state index contributed by atoms with van der Waals surface area (Å²) in [5.74, 6) is -1.37. The molecule has 0 unspecified atom stereocenters. The molecule has 0 saturated heterocycles. The molecule has 0 saturated carbocycles. The molecule has 0 aromatic heterocycles. The molecule has 1 aliphatic rings. The number of hydrogen-bond donors (Lipinski definition) is 0. The van der Waals surface area contributed by atoms with Crippen LogP contribution < -0.4 is 4.90 Å². The van der Waals surface area contributed by atoms with Gasteiger partial charge in [-0.3, -0.25) is 19.7 Å². The second-order valence-corrected chi connectivity index (χ2v) is 5.81. The van der Waals surface area contributed by atoms with Crippen molar-refractivity contribution >= 4 is 23.3 Å². The molecule has 1 amide bonds. The number of esters is 1. The van der Waals surface area contributed by atoms with Crippen LogP contribution in [0.5, 0.6) is 0 Å². The van der Waals surface area contributed by atoms with Gasteiger partial charge in [-0.15, -0.1) is 0 Å². The van der Waals surface area contributed by atoms with Gasteiger partial charge in [0.1, 0.15) is 5.92 Å². The molecule has 1 aliphatic heterocycles. The van der Waals surface area contributed by atoms with E-state index in [1.54, 1.807) is 43.3 Å². The van der Waals surface area contributed by atoms with E-state index in [1.165, 1.54) is 18.1 Å². The van der Waals surface area contributed by atoms with Crippen molar-refractivity contribution in [2.24, 2.45) is 0 Å². The van der Waals surface area contributed by atoms with E-state index in [0.717, 1.165) is 0 Å². The maximum absolute atomic E-state index is 12.9. The zero-order valence-electron chi connectivity index (χ0n) is 13.8. The normalized spacial score (nSPS) is 15.6. The van der Waals surface area contributed by atoms with Gasteiger partial charge < -0.3 is 9.64 Å². The fourth-order valence-corrected chi connectivity index (χ4v) is 3.04. The molecule has 0 aliphatic carbocycles. The summed E-state index contributed by atoms with van der Waals surface area (Å²) < 4.78 is 4.82. The average Bonchev–Trinajstić information content (AvgIpc) is 3.00. The molecule has 7 nitrogen and oxygen atoms in total. The second kappa shape index (κ2) is 6.35. The summed E-state index contributed by atoms with van der Waals surface area (Å²) in [4.78, 5) is 37.0. The Morgan fingerprint density at radius 3 is 2.64 bits per heavy atom. The van der Waals surface area contributed by atoms with Gasteiger partial charge in [0.05, 0.1) is 12.0 Å². The summed E-state index contributed by atoms with van der Waals surface area (Å²) >= 11 is 0. The number of benzene rings is 2. The van der Waals surface area contributed by atoms with Crippen LogP contribution in [0.3, 0.4) is 0 Å². The molecule has 2 aromatic rings. The minimum atomic E-state index is -0.564. The van der Waals surface area contributed by atoms with E-state index < -0.39 is 16.8 Å². The highest BCUT2D eigenvalue weighted by atomic mass is 16.6. The number of amides is 1. The van der Waals surface area contributed by atoms with E-state index in [0.29, 0.717) is 16.8 Å². The molecule has 7 heteroatoms. The molecule has 2 aromatic carbocycles. The lowest BCUT2D eigenvalue weighted by Crippen LogP contribution is -2.31. The van der Waals surface area contributed by atoms with Crippen LogP contribution in [-0.4, -0.2) is 30.5 Å². The Labute approximate surface area is 144 Å². The van der Waals surface area contributed by atoms with Crippen molar-refractivity contribution in [2.75, 3.05) is 18.6 Å². The minimum absolute atomic E-state index is 0.108. The smallest absolute Gasteiger partial charge is 0.315 e. The molecular formula is C18H16N2O5. The van der Waals surface area contributed by atoms with Gasteiger partial charge in [0.25, 0.3) is 11.6 Å². The van der Waals surface area contributed by atoms with E-state index >= 15 is 0 Å². The minimum Gasteiger partial charge on any atom is -0.468 e. The first kappa shape index (κ1) is 16.6. The Kier molecular flexibility index (Phi) is 4.22. The van der Waals surface area contributed by atoms with E-state index in [-0.39, 0.29) is 23.7 Å². The number of aryl methyl sites for hydroxylation is 1. The lowest BCUT2D eigenvalue weighted by molar-refractivity contribution is -0.385. The Hall–Kier alpha value is -3.22. The average molecular weight is 340 g/mol. The molecule has 25 heavy (non-hydrogen) atoms. The topological polar surface area (TPSA) is 89.8 Å². The van der Waals surface area contributed by atoms with E-state index in [4.69, 9.17) is 4.74 Å². The zero-order valence-corrected chi connectivity index (χ0v) is 13.8. The monoisotopic (exact) mass is 340 g/mol. The molecule has 3 rings (SSSR count). The largest absolute Gasteiger partial charge is 0.468 e. The third-order valence-corrected chi connectivity index (χ3v) is 4.35. The van der Waals surface area contributed by atoms with Crippen molar-refractivity contribution in [1.29, 1.82) is 0 Å². The Morgan fingerprint density at radius 2 is 1.96 bits per heavy atom. The first-order valence-corrected chi connectivity index (χ1v) is 7.67. The molecular weight excluding hydrogens is 324 g/mol. The summed E-state index contributed by atoms with van der Waals surface area (Å²) in [7, 11) is 1.30. The highest BCUT2D eigenvalue weighted by Gasteiger charge is 2.37. The number of nitro groups is 1. The van der Waals surface area contributed by atoms with Gasteiger partial charge in [-0.05, 0) is 24.6 Å². The number of rotatable bonds is 3. The number of anilines is 1. The molecule has 0 spiro atoms. The van der Waals surface area contributed by atoms with Gasteiger partial charge in [-0.1, -0.05) is 24.3 Å². The van der Waals surface area contributed by atoms with Crippen molar-refractivity contribution < 1.29 is 19.2 Å². The van der Waals surface area contributed by atoms with Gasteiger partial charge in [-0.2, -0.15) is 0 Å². The quantitative estimate of drug-likeness (QED) is 0.487. The van der Waals surface area contributed by atoms with E-state index in [1.807, 2.05) is 0 Å². The summed E-state index contributed by atoms with van der Waals surface area (Å²) in [5, 5.41) is 11.1. The number of nitro benzene ring substituents is 1. The Bertz CT molecular complexity index is 878. The van der Waals surface area contributed by atoms with Crippen LogP contribution in [0.4, 0.5) is 11.4 Å². The first-order chi connectivity index (χ1) is 11.9. The van der Waals surface area contributed by atoms with Crippen LogP contribution in [0.15, 0.2) is 42.5 Å². The van der Waals surface area contributed by atoms with Gasteiger partial charge in [-0.25, -0.2) is 0 Å². The van der Waals surface area contributed by atoms with Crippen LogP contribution in [0, 0.1) is 17.0 Å². The van der Waals surface area contributed by atoms with Gasteiger partial charge in [0.2, 0.25) is 0 Å². The molecule has 1 atom stereocenters. The second-order valence-electron chi connectivity index (χ2n) is 5.81. The van der Waals surface area contributed by atoms with Crippen molar-refractivity contribution in [3.8, 4) is 0 Å². The van der Waals surface area contributed by atoms with Gasteiger partial charge in [0.15, 0.2) is 0 Å². The highest BCUT2D eigenvalue weighted by Crippen LogP contribution is 2.37.